The predicted molar refractivity (Wildman–Crippen MR) is 67.9 cm³/mol. The molecule has 1 amide bonds. The molecule has 2 rings (SSSR count). The standard InChI is InChI=1S/C12H14N2OS/c1-13-11(12(15)14-10-3-4-10)5-2-9-6-7-16-8-9/h2,5-8,10H,3-4H2,1H3,(H,14,15)/b5-2+,13-11?. The van der Waals surface area contributed by atoms with Crippen LogP contribution in [-0.2, 0) is 4.79 Å². The van der Waals surface area contributed by atoms with E-state index in [4.69, 9.17) is 0 Å². The summed E-state index contributed by atoms with van der Waals surface area (Å²) >= 11 is 1.64. The molecule has 0 aliphatic heterocycles. The van der Waals surface area contributed by atoms with Gasteiger partial charge in [-0.05, 0) is 41.3 Å². The van der Waals surface area contributed by atoms with Crippen molar-refractivity contribution in [3.8, 4) is 0 Å². The number of nitrogens with one attached hydrogen (secondary N) is 1. The number of hydrogen-bond donors (Lipinski definition) is 1. The molecule has 1 fully saturated rings. The van der Waals surface area contributed by atoms with Gasteiger partial charge in [-0.25, -0.2) is 0 Å². The first-order chi connectivity index (χ1) is 7.79. The summed E-state index contributed by atoms with van der Waals surface area (Å²) in [5.41, 5.74) is 1.59. The van der Waals surface area contributed by atoms with Crippen molar-refractivity contribution in [2.45, 2.75) is 18.9 Å². The predicted octanol–water partition coefficient (Wildman–Crippen LogP) is 2.11. The van der Waals surface area contributed by atoms with Crippen molar-refractivity contribution >= 4 is 29.0 Å². The van der Waals surface area contributed by atoms with E-state index in [0.29, 0.717) is 11.8 Å². The first kappa shape index (κ1) is 11.1. The van der Waals surface area contributed by atoms with Crippen LogP contribution in [0.3, 0.4) is 0 Å². The van der Waals surface area contributed by atoms with Crippen LogP contribution in [0.25, 0.3) is 6.08 Å². The highest BCUT2D eigenvalue weighted by Gasteiger charge is 2.24. The molecule has 1 saturated carbocycles. The Morgan fingerprint density at radius 2 is 2.44 bits per heavy atom. The van der Waals surface area contributed by atoms with Crippen molar-refractivity contribution in [2.75, 3.05) is 7.05 Å². The van der Waals surface area contributed by atoms with Crippen LogP contribution in [0.5, 0.6) is 0 Å². The van der Waals surface area contributed by atoms with Crippen LogP contribution in [0.4, 0.5) is 0 Å². The van der Waals surface area contributed by atoms with E-state index in [1.807, 2.05) is 22.9 Å². The normalized spacial score (nSPS) is 16.7. The minimum Gasteiger partial charge on any atom is -0.348 e. The Hall–Kier alpha value is -1.42. The topological polar surface area (TPSA) is 41.5 Å². The van der Waals surface area contributed by atoms with Crippen LogP contribution < -0.4 is 5.32 Å². The van der Waals surface area contributed by atoms with Crippen molar-refractivity contribution in [3.63, 3.8) is 0 Å². The number of nitrogens with zero attached hydrogens (tertiary/aromatic N) is 1. The summed E-state index contributed by atoms with van der Waals surface area (Å²) in [6, 6.07) is 2.38. The lowest BCUT2D eigenvalue weighted by molar-refractivity contribution is -0.114. The largest absolute Gasteiger partial charge is 0.348 e. The second-order valence-corrected chi connectivity index (χ2v) is 4.53. The summed E-state index contributed by atoms with van der Waals surface area (Å²) in [5.74, 6) is -0.0727. The van der Waals surface area contributed by atoms with E-state index in [2.05, 4.69) is 10.3 Å². The van der Waals surface area contributed by atoms with Crippen molar-refractivity contribution in [1.82, 2.24) is 5.32 Å². The Labute approximate surface area is 98.9 Å². The number of hydrogen-bond acceptors (Lipinski definition) is 3. The molecule has 1 aliphatic carbocycles. The third-order valence-electron chi connectivity index (χ3n) is 2.36. The fourth-order valence-electron chi connectivity index (χ4n) is 1.28. The summed E-state index contributed by atoms with van der Waals surface area (Å²) in [4.78, 5) is 15.7. The molecule has 3 nitrogen and oxygen atoms in total. The van der Waals surface area contributed by atoms with E-state index in [0.717, 1.165) is 18.4 Å². The van der Waals surface area contributed by atoms with Gasteiger partial charge in [-0.1, -0.05) is 6.08 Å². The third-order valence-corrected chi connectivity index (χ3v) is 3.06. The highest BCUT2D eigenvalue weighted by atomic mass is 32.1. The molecule has 0 atom stereocenters. The van der Waals surface area contributed by atoms with Gasteiger partial charge in [0.25, 0.3) is 5.91 Å². The lowest BCUT2D eigenvalue weighted by Crippen LogP contribution is -2.31. The van der Waals surface area contributed by atoms with E-state index in [1.165, 1.54) is 0 Å². The fourth-order valence-corrected chi connectivity index (χ4v) is 1.91. The van der Waals surface area contributed by atoms with Crippen LogP contribution in [0.2, 0.25) is 0 Å². The molecule has 0 spiro atoms. The van der Waals surface area contributed by atoms with Gasteiger partial charge in [-0.2, -0.15) is 11.3 Å². The van der Waals surface area contributed by atoms with Crippen LogP contribution in [0, 0.1) is 0 Å². The van der Waals surface area contributed by atoms with Gasteiger partial charge in [0.2, 0.25) is 0 Å². The molecule has 84 valence electrons. The fraction of sp³-hybridized carbons (Fsp3) is 0.333. The molecular weight excluding hydrogens is 220 g/mol. The first-order valence-corrected chi connectivity index (χ1v) is 6.22. The van der Waals surface area contributed by atoms with E-state index in [-0.39, 0.29) is 5.91 Å². The highest BCUT2D eigenvalue weighted by Crippen LogP contribution is 2.18. The van der Waals surface area contributed by atoms with Gasteiger partial charge in [-0.15, -0.1) is 0 Å². The molecule has 0 unspecified atom stereocenters. The molecule has 4 heteroatoms. The molecule has 0 aromatic carbocycles. The summed E-state index contributed by atoms with van der Waals surface area (Å²) in [5, 5.41) is 6.95. The summed E-state index contributed by atoms with van der Waals surface area (Å²) in [6.45, 7) is 0. The maximum atomic E-state index is 11.7. The van der Waals surface area contributed by atoms with E-state index < -0.39 is 0 Å². The zero-order valence-corrected chi connectivity index (χ0v) is 9.96. The number of amides is 1. The van der Waals surface area contributed by atoms with Crippen LogP contribution in [0.1, 0.15) is 18.4 Å². The van der Waals surface area contributed by atoms with Gasteiger partial charge in [0, 0.05) is 13.1 Å². The molecular formula is C12H14N2OS. The Bertz CT molecular complexity index is 416. The van der Waals surface area contributed by atoms with Gasteiger partial charge in [0.15, 0.2) is 0 Å². The second-order valence-electron chi connectivity index (χ2n) is 3.75. The van der Waals surface area contributed by atoms with Crippen LogP contribution >= 0.6 is 11.3 Å². The Kier molecular flexibility index (Phi) is 3.51. The highest BCUT2D eigenvalue weighted by molar-refractivity contribution is 7.08. The SMILES string of the molecule is CN=C(/C=C/c1ccsc1)C(=O)NC1CC1. The van der Waals surface area contributed by atoms with Crippen molar-refractivity contribution < 1.29 is 4.79 Å². The zero-order valence-electron chi connectivity index (χ0n) is 9.14. The molecule has 1 N–H and O–H groups in total. The van der Waals surface area contributed by atoms with Crippen LogP contribution in [0.15, 0.2) is 27.9 Å². The molecule has 0 bridgehead atoms. The number of carbonyl (C=O) groups is 1. The molecule has 0 saturated heterocycles. The van der Waals surface area contributed by atoms with Gasteiger partial charge in [0.05, 0.1) is 0 Å². The summed E-state index contributed by atoms with van der Waals surface area (Å²) in [7, 11) is 1.64. The minimum absolute atomic E-state index is 0.0727. The first-order valence-electron chi connectivity index (χ1n) is 5.27. The monoisotopic (exact) mass is 234 g/mol. The average molecular weight is 234 g/mol. The Balaban J connectivity index is 1.97. The number of thiophene rings is 1. The van der Waals surface area contributed by atoms with E-state index in [9.17, 15) is 4.79 Å². The van der Waals surface area contributed by atoms with E-state index in [1.54, 1.807) is 24.5 Å². The van der Waals surface area contributed by atoms with Gasteiger partial charge in [0.1, 0.15) is 5.71 Å². The quantitative estimate of drug-likeness (QED) is 0.796. The molecule has 16 heavy (non-hydrogen) atoms. The maximum absolute atomic E-state index is 11.7. The lowest BCUT2D eigenvalue weighted by Gasteiger charge is -2.01. The van der Waals surface area contributed by atoms with Crippen molar-refractivity contribution in [3.05, 3.63) is 28.5 Å². The number of rotatable bonds is 4. The molecule has 1 heterocycles. The molecule has 1 aromatic rings. The van der Waals surface area contributed by atoms with E-state index >= 15 is 0 Å². The summed E-state index contributed by atoms with van der Waals surface area (Å²) < 4.78 is 0. The average Bonchev–Trinajstić information content (AvgIpc) is 2.94. The van der Waals surface area contributed by atoms with Gasteiger partial charge >= 0.3 is 0 Å². The van der Waals surface area contributed by atoms with Crippen molar-refractivity contribution in [1.29, 1.82) is 0 Å². The van der Waals surface area contributed by atoms with Gasteiger partial charge < -0.3 is 5.32 Å². The maximum Gasteiger partial charge on any atom is 0.269 e. The zero-order chi connectivity index (χ0) is 11.4. The molecule has 0 radical (unpaired) electrons. The minimum atomic E-state index is -0.0727. The number of carbonyl (C=O) groups excluding carboxylic acids is 1. The smallest absolute Gasteiger partial charge is 0.269 e. The van der Waals surface area contributed by atoms with Gasteiger partial charge in [-0.3, -0.25) is 9.79 Å². The molecule has 1 aliphatic rings. The molecule has 1 aromatic heterocycles. The lowest BCUT2D eigenvalue weighted by atomic mass is 10.2. The Morgan fingerprint density at radius 3 is 3.00 bits per heavy atom. The van der Waals surface area contributed by atoms with Crippen molar-refractivity contribution in [2.24, 2.45) is 4.99 Å². The summed E-state index contributed by atoms with van der Waals surface area (Å²) in [6.07, 6.45) is 5.86. The van der Waals surface area contributed by atoms with Crippen LogP contribution in [-0.4, -0.2) is 24.7 Å². The Morgan fingerprint density at radius 1 is 1.62 bits per heavy atom. The number of aliphatic imine (C=N–C) groups is 1. The third kappa shape index (κ3) is 3.03. The second kappa shape index (κ2) is 5.07.